The second kappa shape index (κ2) is 10.0. The van der Waals surface area contributed by atoms with Gasteiger partial charge in [0.15, 0.2) is 5.88 Å². The number of rotatable bonds is 8. The summed E-state index contributed by atoms with van der Waals surface area (Å²) in [4.78, 5) is 30.6. The van der Waals surface area contributed by atoms with E-state index in [2.05, 4.69) is 10.3 Å². The maximum absolute atomic E-state index is 11.9. The summed E-state index contributed by atoms with van der Waals surface area (Å²) in [6, 6.07) is 22.2. The summed E-state index contributed by atoms with van der Waals surface area (Å²) < 4.78 is 4.80. The van der Waals surface area contributed by atoms with Crippen LogP contribution in [0, 0.1) is 0 Å². The summed E-state index contributed by atoms with van der Waals surface area (Å²) in [6.45, 7) is 0.611. The smallest absolute Gasteiger partial charge is 0.337 e. The third-order valence-electron chi connectivity index (χ3n) is 5.29. The topological polar surface area (TPSA) is 130 Å². The van der Waals surface area contributed by atoms with Crippen molar-refractivity contribution in [2.24, 2.45) is 10.7 Å². The number of methoxy groups -OCH3 is 1. The average Bonchev–Trinajstić information content (AvgIpc) is 3.18. The molecule has 1 amide bonds. The zero-order valence-corrected chi connectivity index (χ0v) is 18.5. The molecule has 172 valence electrons. The van der Waals surface area contributed by atoms with E-state index in [0.29, 0.717) is 34.6 Å². The van der Waals surface area contributed by atoms with Crippen molar-refractivity contribution in [2.75, 3.05) is 13.7 Å². The Morgan fingerprint density at radius 1 is 1.03 bits per heavy atom. The van der Waals surface area contributed by atoms with E-state index in [1.807, 2.05) is 54.6 Å². The first-order valence-electron chi connectivity index (χ1n) is 10.6. The van der Waals surface area contributed by atoms with Crippen molar-refractivity contribution < 1.29 is 19.4 Å². The number of carbonyl (C=O) groups is 2. The molecule has 0 radical (unpaired) electrons. The van der Waals surface area contributed by atoms with Gasteiger partial charge < -0.3 is 25.9 Å². The summed E-state index contributed by atoms with van der Waals surface area (Å²) in [7, 11) is 1.32. The van der Waals surface area contributed by atoms with Crippen LogP contribution in [0.4, 0.5) is 5.69 Å². The highest BCUT2D eigenvalue weighted by molar-refractivity contribution is 6.22. The number of esters is 1. The fourth-order valence-corrected chi connectivity index (χ4v) is 3.68. The number of benzene rings is 3. The Kier molecular flexibility index (Phi) is 6.70. The van der Waals surface area contributed by atoms with Crippen LogP contribution in [0.3, 0.4) is 0 Å². The number of nitrogens with zero attached hydrogens (tertiary/aromatic N) is 1. The number of aromatic nitrogens is 1. The highest BCUT2D eigenvalue weighted by atomic mass is 16.5. The molecular weight excluding hydrogens is 432 g/mol. The third kappa shape index (κ3) is 4.97. The summed E-state index contributed by atoms with van der Waals surface area (Å²) in [5, 5.41) is 14.5. The second-order valence-electron chi connectivity index (χ2n) is 7.66. The molecule has 0 aliphatic rings. The lowest BCUT2D eigenvalue weighted by Crippen LogP contribution is -2.27. The van der Waals surface area contributed by atoms with Crippen molar-refractivity contribution in [2.45, 2.75) is 6.54 Å². The molecule has 0 aliphatic heterocycles. The predicted molar refractivity (Wildman–Crippen MR) is 130 cm³/mol. The predicted octanol–water partition coefficient (Wildman–Crippen LogP) is 3.40. The van der Waals surface area contributed by atoms with Crippen LogP contribution in [0.15, 0.2) is 77.8 Å². The van der Waals surface area contributed by atoms with Crippen molar-refractivity contribution in [3.8, 4) is 5.88 Å². The molecule has 0 unspecified atom stereocenters. The van der Waals surface area contributed by atoms with Crippen molar-refractivity contribution >= 4 is 34.2 Å². The number of nitrogens with one attached hydrogen (secondary N) is 2. The van der Waals surface area contributed by atoms with Gasteiger partial charge in [-0.1, -0.05) is 48.5 Å². The van der Waals surface area contributed by atoms with Gasteiger partial charge in [0.1, 0.15) is 0 Å². The van der Waals surface area contributed by atoms with Gasteiger partial charge in [-0.2, -0.15) is 0 Å². The second-order valence-corrected chi connectivity index (χ2v) is 7.66. The van der Waals surface area contributed by atoms with E-state index in [9.17, 15) is 14.7 Å². The van der Waals surface area contributed by atoms with Gasteiger partial charge in [0.2, 0.25) is 5.91 Å². The first-order valence-corrected chi connectivity index (χ1v) is 10.6. The number of ether oxygens (including phenoxy) is 1. The van der Waals surface area contributed by atoms with E-state index in [-0.39, 0.29) is 12.4 Å². The number of aromatic amines is 1. The SMILES string of the molecule is COC(=O)c1ccc2c(C(=Nc3ccc(CNCC(N)=O)cc3)c3ccccc3)c(O)[nH]c2c1. The van der Waals surface area contributed by atoms with Crippen molar-refractivity contribution in [3.63, 3.8) is 0 Å². The van der Waals surface area contributed by atoms with Crippen LogP contribution in [-0.4, -0.2) is 41.3 Å². The molecule has 0 atom stereocenters. The number of carbonyl (C=O) groups excluding carboxylic acids is 2. The minimum atomic E-state index is -0.458. The normalized spacial score (nSPS) is 11.5. The molecular formula is C26H24N4O4. The molecule has 34 heavy (non-hydrogen) atoms. The minimum Gasteiger partial charge on any atom is -0.494 e. The number of nitrogens with two attached hydrogens (primary N) is 1. The monoisotopic (exact) mass is 456 g/mol. The summed E-state index contributed by atoms with van der Waals surface area (Å²) in [5.41, 5.74) is 9.73. The lowest BCUT2D eigenvalue weighted by molar-refractivity contribution is -0.117. The molecule has 3 aromatic carbocycles. The van der Waals surface area contributed by atoms with E-state index < -0.39 is 11.9 Å². The van der Waals surface area contributed by atoms with E-state index in [4.69, 9.17) is 15.5 Å². The number of hydrogen-bond acceptors (Lipinski definition) is 6. The van der Waals surface area contributed by atoms with Crippen LogP contribution in [0.5, 0.6) is 5.88 Å². The van der Waals surface area contributed by atoms with Crippen LogP contribution in [-0.2, 0) is 16.1 Å². The van der Waals surface area contributed by atoms with E-state index >= 15 is 0 Å². The lowest BCUT2D eigenvalue weighted by Gasteiger charge is -2.09. The molecule has 1 aromatic heterocycles. The first-order chi connectivity index (χ1) is 16.5. The molecule has 4 aromatic rings. The molecule has 0 saturated heterocycles. The molecule has 0 fully saturated rings. The van der Waals surface area contributed by atoms with Crippen molar-refractivity contribution in [3.05, 3.63) is 95.1 Å². The zero-order chi connectivity index (χ0) is 24.1. The molecule has 0 saturated carbocycles. The average molecular weight is 457 g/mol. The van der Waals surface area contributed by atoms with Crippen LogP contribution < -0.4 is 11.1 Å². The summed E-state index contributed by atoms with van der Waals surface area (Å²) >= 11 is 0. The van der Waals surface area contributed by atoms with Crippen LogP contribution in [0.1, 0.15) is 27.0 Å². The summed E-state index contributed by atoms with van der Waals surface area (Å²) in [6.07, 6.45) is 0. The van der Waals surface area contributed by atoms with Crippen LogP contribution in [0.25, 0.3) is 10.9 Å². The lowest BCUT2D eigenvalue weighted by atomic mass is 10.00. The third-order valence-corrected chi connectivity index (χ3v) is 5.29. The quantitative estimate of drug-likeness (QED) is 0.238. The minimum absolute atomic E-state index is 0.0492. The van der Waals surface area contributed by atoms with E-state index in [0.717, 1.165) is 16.5 Å². The number of amides is 1. The van der Waals surface area contributed by atoms with E-state index in [1.54, 1.807) is 18.2 Å². The number of aromatic hydroxyl groups is 1. The highest BCUT2D eigenvalue weighted by Gasteiger charge is 2.20. The van der Waals surface area contributed by atoms with Crippen LogP contribution in [0.2, 0.25) is 0 Å². The largest absolute Gasteiger partial charge is 0.494 e. The molecule has 0 aliphatic carbocycles. The Balaban J connectivity index is 1.75. The molecule has 8 nitrogen and oxygen atoms in total. The van der Waals surface area contributed by atoms with Gasteiger partial charge in [0.25, 0.3) is 0 Å². The molecule has 1 heterocycles. The first kappa shape index (κ1) is 22.8. The number of fused-ring (bicyclic) bond motifs is 1. The number of primary amides is 1. The maximum atomic E-state index is 11.9. The van der Waals surface area contributed by atoms with Gasteiger partial charge in [0, 0.05) is 23.0 Å². The maximum Gasteiger partial charge on any atom is 0.337 e. The highest BCUT2D eigenvalue weighted by Crippen LogP contribution is 2.32. The van der Waals surface area contributed by atoms with E-state index in [1.165, 1.54) is 7.11 Å². The van der Waals surface area contributed by atoms with Crippen molar-refractivity contribution in [1.82, 2.24) is 10.3 Å². The van der Waals surface area contributed by atoms with Gasteiger partial charge >= 0.3 is 5.97 Å². The molecule has 4 rings (SSSR count). The van der Waals surface area contributed by atoms with Gasteiger partial charge in [0.05, 0.1) is 36.2 Å². The van der Waals surface area contributed by atoms with Gasteiger partial charge in [-0.25, -0.2) is 9.79 Å². The fourth-order valence-electron chi connectivity index (χ4n) is 3.68. The molecule has 0 bridgehead atoms. The fraction of sp³-hybridized carbons (Fsp3) is 0.115. The van der Waals surface area contributed by atoms with Crippen molar-refractivity contribution in [1.29, 1.82) is 0 Å². The van der Waals surface area contributed by atoms with Crippen LogP contribution >= 0.6 is 0 Å². The van der Waals surface area contributed by atoms with Gasteiger partial charge in [-0.15, -0.1) is 0 Å². The Bertz CT molecular complexity index is 1360. The Morgan fingerprint density at radius 2 is 1.76 bits per heavy atom. The Labute approximate surface area is 196 Å². The standard InChI is InChI=1S/C26H24N4O4/c1-34-26(33)18-9-12-20-21(13-18)30-25(32)23(20)24(17-5-3-2-4-6-17)29-19-10-7-16(8-11-19)14-28-15-22(27)31/h2-13,28,30,32H,14-15H2,1H3,(H2,27,31). The number of H-pyrrole nitrogens is 1. The van der Waals surface area contributed by atoms with Gasteiger partial charge in [-0.05, 0) is 29.8 Å². The Hall–Kier alpha value is -4.43. The molecule has 5 N–H and O–H groups in total. The molecule has 8 heteroatoms. The van der Waals surface area contributed by atoms with Gasteiger partial charge in [-0.3, -0.25) is 4.79 Å². The number of aliphatic imine (C=N–C) groups is 1. The molecule has 0 spiro atoms. The summed E-state index contributed by atoms with van der Waals surface area (Å²) in [5.74, 6) is -0.919. The Morgan fingerprint density at radius 3 is 2.44 bits per heavy atom. The number of hydrogen-bond donors (Lipinski definition) is 4. The zero-order valence-electron chi connectivity index (χ0n) is 18.5.